The number of nitrogens with zero attached hydrogens (tertiary/aromatic N) is 1. The molecule has 2 aromatic carbocycles. The van der Waals surface area contributed by atoms with Gasteiger partial charge in [0.2, 0.25) is 5.78 Å². The van der Waals surface area contributed by atoms with E-state index in [4.69, 9.17) is 10.00 Å². The number of carbonyl (C=O) groups is 1. The zero-order valence-electron chi connectivity index (χ0n) is 12.0. The number of ketones is 1. The van der Waals surface area contributed by atoms with Crippen LogP contribution in [0.25, 0.3) is 10.9 Å². The average Bonchev–Trinajstić information content (AvgIpc) is 2.98. The van der Waals surface area contributed by atoms with Crippen LogP contribution in [0.1, 0.15) is 22.8 Å². The van der Waals surface area contributed by atoms with Gasteiger partial charge in [-0.1, -0.05) is 30.3 Å². The molecule has 108 valence electrons. The van der Waals surface area contributed by atoms with Crippen LogP contribution < -0.4 is 4.74 Å². The summed E-state index contributed by atoms with van der Waals surface area (Å²) in [4.78, 5) is 15.7. The fraction of sp³-hybridized carbons (Fsp3) is 0.111. The molecule has 0 aliphatic carbocycles. The highest BCUT2D eigenvalue weighted by Gasteiger charge is 2.21. The van der Waals surface area contributed by atoms with E-state index < -0.39 is 6.10 Å². The predicted octanol–water partition coefficient (Wildman–Crippen LogP) is 3.69. The van der Waals surface area contributed by atoms with Crippen LogP contribution >= 0.6 is 0 Å². The lowest BCUT2D eigenvalue weighted by Crippen LogP contribution is -2.24. The largest absolute Gasteiger partial charge is 0.481 e. The number of para-hydroxylation sites is 2. The number of carbonyl (C=O) groups excluding carboxylic acids is 1. The molecule has 4 heteroatoms. The summed E-state index contributed by atoms with van der Waals surface area (Å²) in [6, 6.07) is 16.6. The number of fused-ring (bicyclic) bond motifs is 1. The summed E-state index contributed by atoms with van der Waals surface area (Å²) in [5.74, 6) is 0.302. The minimum absolute atomic E-state index is 0.120. The van der Waals surface area contributed by atoms with Gasteiger partial charge in [0.1, 0.15) is 11.8 Å². The van der Waals surface area contributed by atoms with Gasteiger partial charge >= 0.3 is 0 Å². The van der Waals surface area contributed by atoms with Crippen molar-refractivity contribution in [2.24, 2.45) is 0 Å². The third-order valence-corrected chi connectivity index (χ3v) is 3.54. The molecule has 4 nitrogen and oxygen atoms in total. The smallest absolute Gasteiger partial charge is 0.205 e. The quantitative estimate of drug-likeness (QED) is 0.745. The molecule has 0 amide bonds. The van der Waals surface area contributed by atoms with E-state index >= 15 is 0 Å². The van der Waals surface area contributed by atoms with Gasteiger partial charge in [-0.2, -0.15) is 5.26 Å². The van der Waals surface area contributed by atoms with Crippen molar-refractivity contribution in [3.8, 4) is 11.8 Å². The molecule has 0 saturated heterocycles. The number of hydrogen-bond donors (Lipinski definition) is 1. The molecular formula is C18H14N2O2. The Hall–Kier alpha value is -3.06. The highest BCUT2D eigenvalue weighted by atomic mass is 16.5. The second-order valence-corrected chi connectivity index (χ2v) is 4.98. The van der Waals surface area contributed by atoms with Crippen molar-refractivity contribution in [3.05, 3.63) is 65.9 Å². The fourth-order valence-electron chi connectivity index (χ4n) is 2.40. The topological polar surface area (TPSA) is 65.9 Å². The maximum atomic E-state index is 12.6. The molecule has 1 atom stereocenters. The number of ether oxygens (including phenoxy) is 1. The average molecular weight is 290 g/mol. The first-order valence-corrected chi connectivity index (χ1v) is 6.97. The molecule has 1 heterocycles. The highest BCUT2D eigenvalue weighted by Crippen LogP contribution is 2.22. The van der Waals surface area contributed by atoms with E-state index in [0.717, 1.165) is 10.9 Å². The summed E-state index contributed by atoms with van der Waals surface area (Å²) >= 11 is 0. The molecule has 22 heavy (non-hydrogen) atoms. The Kier molecular flexibility index (Phi) is 3.63. The van der Waals surface area contributed by atoms with E-state index in [1.807, 2.05) is 24.3 Å². The highest BCUT2D eigenvalue weighted by molar-refractivity contribution is 6.09. The Bertz CT molecular complexity index is 874. The van der Waals surface area contributed by atoms with E-state index in [-0.39, 0.29) is 5.78 Å². The number of H-pyrrole nitrogens is 1. The third-order valence-electron chi connectivity index (χ3n) is 3.54. The minimum atomic E-state index is -0.672. The second-order valence-electron chi connectivity index (χ2n) is 4.98. The van der Waals surface area contributed by atoms with Gasteiger partial charge in [0.05, 0.1) is 5.56 Å². The van der Waals surface area contributed by atoms with E-state index in [2.05, 4.69) is 11.1 Å². The van der Waals surface area contributed by atoms with Gasteiger partial charge in [-0.25, -0.2) is 0 Å². The van der Waals surface area contributed by atoms with Gasteiger partial charge in [0, 0.05) is 22.7 Å². The van der Waals surface area contributed by atoms with Gasteiger partial charge in [-0.05, 0) is 25.1 Å². The Morgan fingerprint density at radius 2 is 1.91 bits per heavy atom. The SMILES string of the molecule is CC(Oc1ccccc1C#N)C(=O)c1c[nH]c2ccccc12. The number of rotatable bonds is 4. The summed E-state index contributed by atoms with van der Waals surface area (Å²) in [6.45, 7) is 1.69. The fourth-order valence-corrected chi connectivity index (χ4v) is 2.40. The number of hydrogen-bond acceptors (Lipinski definition) is 3. The maximum absolute atomic E-state index is 12.6. The minimum Gasteiger partial charge on any atom is -0.481 e. The second kappa shape index (κ2) is 5.74. The molecule has 0 radical (unpaired) electrons. The van der Waals surface area contributed by atoms with Crippen LogP contribution in [0.5, 0.6) is 5.75 Å². The lowest BCUT2D eigenvalue weighted by Gasteiger charge is -2.14. The summed E-state index contributed by atoms with van der Waals surface area (Å²) < 4.78 is 5.68. The Balaban J connectivity index is 1.88. The van der Waals surface area contributed by atoms with E-state index in [0.29, 0.717) is 16.9 Å². The molecule has 1 N–H and O–H groups in total. The van der Waals surface area contributed by atoms with Crippen LogP contribution in [0.3, 0.4) is 0 Å². The van der Waals surface area contributed by atoms with Crippen molar-refractivity contribution < 1.29 is 9.53 Å². The first kappa shape index (κ1) is 13.9. The molecular weight excluding hydrogens is 276 g/mol. The van der Waals surface area contributed by atoms with Gasteiger partial charge in [0.25, 0.3) is 0 Å². The Morgan fingerprint density at radius 1 is 1.18 bits per heavy atom. The number of nitrogens with one attached hydrogen (secondary N) is 1. The van der Waals surface area contributed by atoms with Crippen LogP contribution in [0.15, 0.2) is 54.7 Å². The van der Waals surface area contributed by atoms with E-state index in [1.165, 1.54) is 0 Å². The van der Waals surface area contributed by atoms with E-state index in [9.17, 15) is 4.79 Å². The number of benzene rings is 2. The Morgan fingerprint density at radius 3 is 2.73 bits per heavy atom. The van der Waals surface area contributed by atoms with Crippen LogP contribution in [-0.4, -0.2) is 16.9 Å². The van der Waals surface area contributed by atoms with Crippen molar-refractivity contribution in [2.75, 3.05) is 0 Å². The number of nitriles is 1. The van der Waals surface area contributed by atoms with Crippen molar-refractivity contribution in [1.82, 2.24) is 4.98 Å². The van der Waals surface area contributed by atoms with Crippen molar-refractivity contribution in [1.29, 1.82) is 5.26 Å². The number of aromatic nitrogens is 1. The lowest BCUT2D eigenvalue weighted by molar-refractivity contribution is 0.0819. The van der Waals surface area contributed by atoms with Gasteiger partial charge in [0.15, 0.2) is 6.10 Å². The number of Topliss-reactive ketones (excluding diaryl/α,β-unsaturated/α-hetero) is 1. The van der Waals surface area contributed by atoms with E-state index in [1.54, 1.807) is 37.4 Å². The Labute approximate surface area is 128 Å². The monoisotopic (exact) mass is 290 g/mol. The molecule has 1 aromatic heterocycles. The summed E-state index contributed by atoms with van der Waals surface area (Å²) in [6.07, 6.45) is 1.02. The molecule has 0 aliphatic heterocycles. The third kappa shape index (κ3) is 2.45. The molecule has 0 fully saturated rings. The predicted molar refractivity (Wildman–Crippen MR) is 83.9 cm³/mol. The van der Waals surface area contributed by atoms with Gasteiger partial charge in [-0.3, -0.25) is 4.79 Å². The number of aromatic amines is 1. The van der Waals surface area contributed by atoms with Crippen LogP contribution in [0.2, 0.25) is 0 Å². The molecule has 3 aromatic rings. The first-order valence-electron chi connectivity index (χ1n) is 6.97. The summed E-state index contributed by atoms with van der Waals surface area (Å²) in [7, 11) is 0. The van der Waals surface area contributed by atoms with Crippen molar-refractivity contribution in [3.63, 3.8) is 0 Å². The lowest BCUT2D eigenvalue weighted by atomic mass is 10.1. The normalized spacial score (nSPS) is 11.8. The van der Waals surface area contributed by atoms with Gasteiger partial charge in [-0.15, -0.1) is 0 Å². The van der Waals surface area contributed by atoms with Gasteiger partial charge < -0.3 is 9.72 Å². The maximum Gasteiger partial charge on any atom is 0.205 e. The molecule has 0 bridgehead atoms. The molecule has 0 saturated carbocycles. The zero-order valence-corrected chi connectivity index (χ0v) is 12.0. The van der Waals surface area contributed by atoms with Crippen LogP contribution in [-0.2, 0) is 0 Å². The zero-order chi connectivity index (χ0) is 15.5. The van der Waals surface area contributed by atoms with Crippen LogP contribution in [0, 0.1) is 11.3 Å². The molecule has 3 rings (SSSR count). The molecule has 0 aliphatic rings. The summed E-state index contributed by atoms with van der Waals surface area (Å²) in [5.41, 5.74) is 1.93. The van der Waals surface area contributed by atoms with Crippen molar-refractivity contribution in [2.45, 2.75) is 13.0 Å². The standard InChI is InChI=1S/C18H14N2O2/c1-12(22-17-9-5-2-6-13(17)10-19)18(21)15-11-20-16-8-4-3-7-14(15)16/h2-9,11-12,20H,1H3. The van der Waals surface area contributed by atoms with Crippen LogP contribution in [0.4, 0.5) is 0 Å². The summed E-state index contributed by atoms with van der Waals surface area (Å²) in [5, 5.41) is 9.95. The van der Waals surface area contributed by atoms with Crippen molar-refractivity contribution >= 4 is 16.7 Å². The molecule has 1 unspecified atom stereocenters. The molecule has 0 spiro atoms. The first-order chi connectivity index (χ1) is 10.7.